The van der Waals surface area contributed by atoms with Crippen molar-refractivity contribution in [3.05, 3.63) is 47.4 Å². The smallest absolute Gasteiger partial charge is 0.319 e. The lowest BCUT2D eigenvalue weighted by atomic mass is 9.92. The Kier molecular flexibility index (Phi) is 6.52. The third-order valence-corrected chi connectivity index (χ3v) is 10.0. The van der Waals surface area contributed by atoms with Gasteiger partial charge >= 0.3 is 6.01 Å². The second-order valence-corrected chi connectivity index (χ2v) is 12.8. The molecule has 4 fully saturated rings. The monoisotopic (exact) mass is 607 g/mol. The molecule has 6 heterocycles. The molecule has 2 aromatic heterocycles. The van der Waals surface area contributed by atoms with Gasteiger partial charge in [0.1, 0.15) is 41.4 Å². The first-order chi connectivity index (χ1) is 21.9. The van der Waals surface area contributed by atoms with Gasteiger partial charge in [-0.1, -0.05) is 12.0 Å². The molecular formula is C34H31F2N7O2. The van der Waals surface area contributed by atoms with E-state index in [1.54, 1.807) is 6.20 Å². The zero-order valence-electron chi connectivity index (χ0n) is 24.6. The summed E-state index contributed by atoms with van der Waals surface area (Å²) >= 11 is 0. The van der Waals surface area contributed by atoms with Crippen LogP contribution in [0.3, 0.4) is 0 Å². The maximum atomic E-state index is 14.9. The molecule has 4 atom stereocenters. The number of piperazine rings is 1. The molecule has 9 nitrogen and oxygen atoms in total. The minimum absolute atomic E-state index is 0.0262. The van der Waals surface area contributed by atoms with Gasteiger partial charge in [0.15, 0.2) is 5.82 Å². The SMILES string of the molecule is C#Cc1c(F)ccc2cc(O)cc(-c3cnc4c(N5CC6CCC(C5)N6)nc(OCC56CCCN5C[C@H](F)C6)nc4c3C#N)c12. The highest BCUT2D eigenvalue weighted by Gasteiger charge is 2.49. The number of alkyl halides is 1. The summed E-state index contributed by atoms with van der Waals surface area (Å²) in [4.78, 5) is 18.7. The molecule has 4 aromatic rings. The summed E-state index contributed by atoms with van der Waals surface area (Å²) in [5.41, 5.74) is 1.25. The number of phenolic OH excluding ortho intramolecular Hbond substituents is 1. The number of nitriles is 1. The number of nitrogens with one attached hydrogen (secondary N) is 1. The molecular weight excluding hydrogens is 576 g/mol. The molecule has 0 saturated carbocycles. The molecule has 4 saturated heterocycles. The molecule has 4 aliphatic rings. The van der Waals surface area contributed by atoms with Crippen LogP contribution in [-0.4, -0.2) is 81.5 Å². The molecule has 0 amide bonds. The molecule has 228 valence electrons. The summed E-state index contributed by atoms with van der Waals surface area (Å²) in [5.74, 6) is 2.36. The van der Waals surface area contributed by atoms with Gasteiger partial charge < -0.3 is 20.1 Å². The van der Waals surface area contributed by atoms with Gasteiger partial charge in [0.25, 0.3) is 0 Å². The molecule has 0 aliphatic carbocycles. The Balaban J connectivity index is 1.30. The summed E-state index contributed by atoms with van der Waals surface area (Å²) in [5, 5.41) is 25.8. The lowest BCUT2D eigenvalue weighted by Gasteiger charge is -2.34. The summed E-state index contributed by atoms with van der Waals surface area (Å²) < 4.78 is 35.7. The minimum Gasteiger partial charge on any atom is -0.508 e. The number of ether oxygens (including phenoxy) is 1. The van der Waals surface area contributed by atoms with E-state index < -0.39 is 17.5 Å². The van der Waals surface area contributed by atoms with Crippen LogP contribution >= 0.6 is 0 Å². The Labute approximate surface area is 258 Å². The van der Waals surface area contributed by atoms with Crippen LogP contribution in [0.25, 0.3) is 32.9 Å². The van der Waals surface area contributed by atoms with E-state index in [1.165, 1.54) is 24.3 Å². The molecule has 0 spiro atoms. The first-order valence-corrected chi connectivity index (χ1v) is 15.4. The zero-order valence-corrected chi connectivity index (χ0v) is 24.6. The highest BCUT2D eigenvalue weighted by Crippen LogP contribution is 2.42. The molecule has 2 aromatic carbocycles. The lowest BCUT2D eigenvalue weighted by molar-refractivity contribution is 0.107. The van der Waals surface area contributed by atoms with Crippen LogP contribution in [0, 0.1) is 29.5 Å². The van der Waals surface area contributed by atoms with E-state index in [2.05, 4.69) is 27.1 Å². The largest absolute Gasteiger partial charge is 0.508 e. The number of rotatable bonds is 5. The van der Waals surface area contributed by atoms with E-state index in [1.807, 2.05) is 0 Å². The van der Waals surface area contributed by atoms with E-state index in [0.29, 0.717) is 58.3 Å². The number of hydrogen-bond donors (Lipinski definition) is 2. The fraction of sp³-hybridized carbons (Fsp3) is 0.412. The Hall–Kier alpha value is -4.58. The third kappa shape index (κ3) is 4.53. The van der Waals surface area contributed by atoms with Gasteiger partial charge in [-0.3, -0.25) is 4.90 Å². The number of terminal acetylenes is 1. The number of aromatic nitrogens is 3. The molecule has 11 heteroatoms. The molecule has 4 aliphatic heterocycles. The second-order valence-electron chi connectivity index (χ2n) is 12.8. The van der Waals surface area contributed by atoms with Crippen molar-refractivity contribution in [2.45, 2.75) is 55.9 Å². The van der Waals surface area contributed by atoms with Gasteiger partial charge in [-0.25, -0.2) is 13.8 Å². The van der Waals surface area contributed by atoms with Gasteiger partial charge in [-0.2, -0.15) is 15.2 Å². The van der Waals surface area contributed by atoms with Crippen LogP contribution in [-0.2, 0) is 0 Å². The number of nitrogens with zero attached hydrogens (tertiary/aromatic N) is 6. The molecule has 45 heavy (non-hydrogen) atoms. The highest BCUT2D eigenvalue weighted by atomic mass is 19.1. The minimum atomic E-state index is -0.898. The maximum Gasteiger partial charge on any atom is 0.319 e. The third-order valence-electron chi connectivity index (χ3n) is 10.0. The number of benzene rings is 2. The van der Waals surface area contributed by atoms with Crippen molar-refractivity contribution in [3.63, 3.8) is 0 Å². The van der Waals surface area contributed by atoms with E-state index in [9.17, 15) is 19.1 Å². The number of halogens is 2. The number of fused-ring (bicyclic) bond motifs is 5. The van der Waals surface area contributed by atoms with Crippen molar-refractivity contribution >= 4 is 27.6 Å². The normalized spacial score (nSPS) is 25.9. The van der Waals surface area contributed by atoms with Crippen LogP contribution in [0.5, 0.6) is 11.8 Å². The van der Waals surface area contributed by atoms with Crippen LogP contribution < -0.4 is 15.0 Å². The predicted molar refractivity (Wildman–Crippen MR) is 165 cm³/mol. The number of aromatic hydroxyl groups is 1. The predicted octanol–water partition coefficient (Wildman–Crippen LogP) is 4.44. The van der Waals surface area contributed by atoms with Crippen LogP contribution in [0.1, 0.15) is 43.2 Å². The average Bonchev–Trinajstić information content (AvgIpc) is 3.68. The molecule has 2 N–H and O–H groups in total. The molecule has 0 radical (unpaired) electrons. The Morgan fingerprint density at radius 3 is 2.71 bits per heavy atom. The Bertz CT molecular complexity index is 1940. The van der Waals surface area contributed by atoms with Crippen LogP contribution in [0.15, 0.2) is 30.5 Å². The van der Waals surface area contributed by atoms with Crippen molar-refractivity contribution in [1.82, 2.24) is 25.2 Å². The van der Waals surface area contributed by atoms with Gasteiger partial charge in [-0.05, 0) is 61.4 Å². The van der Waals surface area contributed by atoms with Gasteiger partial charge in [0, 0.05) is 55.3 Å². The van der Waals surface area contributed by atoms with Crippen LogP contribution in [0.4, 0.5) is 14.6 Å². The standard InChI is InChI=1S/C34H31F2N7O2/c1-2-24-28(36)7-4-19-10-23(44)11-25(29(19)24)27-14-38-31-30(26(27)13-37)40-33(41-32(31)42-16-21-5-6-22(17-42)39-21)45-18-34-8-3-9-43(34)15-20(35)12-34/h1,4,7,10-11,14,20-22,39,44H,3,5-6,8-9,12,15-18H2/t20-,21?,22?,34?/m1/s1. The highest BCUT2D eigenvalue weighted by molar-refractivity contribution is 6.05. The van der Waals surface area contributed by atoms with E-state index in [4.69, 9.17) is 26.1 Å². The second kappa shape index (κ2) is 10.5. The number of anilines is 1. The lowest BCUT2D eigenvalue weighted by Crippen LogP contribution is -2.51. The average molecular weight is 608 g/mol. The quantitative estimate of drug-likeness (QED) is 0.318. The number of hydrogen-bond acceptors (Lipinski definition) is 9. The fourth-order valence-electron chi connectivity index (χ4n) is 8.04. The van der Waals surface area contributed by atoms with Crippen LogP contribution in [0.2, 0.25) is 0 Å². The number of pyridine rings is 1. The summed E-state index contributed by atoms with van der Waals surface area (Å²) in [7, 11) is 0. The van der Waals surface area contributed by atoms with E-state index in [-0.39, 0.29) is 35.0 Å². The molecule has 3 unspecified atom stereocenters. The first kappa shape index (κ1) is 27.9. The van der Waals surface area contributed by atoms with Crippen molar-refractivity contribution in [1.29, 1.82) is 5.26 Å². The summed E-state index contributed by atoms with van der Waals surface area (Å²) in [6.45, 7) is 2.91. The Morgan fingerprint density at radius 2 is 1.93 bits per heavy atom. The zero-order chi connectivity index (χ0) is 30.9. The first-order valence-electron chi connectivity index (χ1n) is 15.4. The van der Waals surface area contributed by atoms with Crippen molar-refractivity contribution in [2.24, 2.45) is 0 Å². The fourth-order valence-corrected chi connectivity index (χ4v) is 8.04. The summed E-state index contributed by atoms with van der Waals surface area (Å²) in [6.07, 6.45) is 10.7. The maximum absolute atomic E-state index is 14.9. The van der Waals surface area contributed by atoms with E-state index >= 15 is 0 Å². The topological polar surface area (TPSA) is 110 Å². The summed E-state index contributed by atoms with van der Waals surface area (Å²) in [6, 6.07) is 8.78. The van der Waals surface area contributed by atoms with Crippen molar-refractivity contribution < 1.29 is 18.6 Å². The van der Waals surface area contributed by atoms with E-state index in [0.717, 1.165) is 45.3 Å². The molecule has 8 rings (SSSR count). The number of phenols is 1. The molecule has 2 bridgehead atoms. The van der Waals surface area contributed by atoms with Gasteiger partial charge in [-0.15, -0.1) is 6.42 Å². The Morgan fingerprint density at radius 1 is 1.11 bits per heavy atom. The van der Waals surface area contributed by atoms with Crippen molar-refractivity contribution in [2.75, 3.05) is 37.7 Å². The van der Waals surface area contributed by atoms with Gasteiger partial charge in [0.05, 0.1) is 16.7 Å². The van der Waals surface area contributed by atoms with Crippen molar-refractivity contribution in [3.8, 4) is 41.3 Å². The van der Waals surface area contributed by atoms with Gasteiger partial charge in [0.2, 0.25) is 0 Å².